The monoisotopic (exact) mass is 235 g/mol. The lowest BCUT2D eigenvalue weighted by atomic mass is 10.2. The fourth-order valence-electron chi connectivity index (χ4n) is 1.53. The van der Waals surface area contributed by atoms with E-state index in [0.717, 1.165) is 11.3 Å². The van der Waals surface area contributed by atoms with Crippen LogP contribution in [0.1, 0.15) is 19.4 Å². The van der Waals surface area contributed by atoms with E-state index < -0.39 is 0 Å². The van der Waals surface area contributed by atoms with Gasteiger partial charge in [0.15, 0.2) is 5.96 Å². The van der Waals surface area contributed by atoms with E-state index in [0.29, 0.717) is 12.5 Å². The Hall–Kier alpha value is -1.71. The Kier molecular flexibility index (Phi) is 4.82. The lowest BCUT2D eigenvalue weighted by Gasteiger charge is -2.20. The Bertz CT molecular complexity index is 388. The Balaban J connectivity index is 2.77. The summed E-state index contributed by atoms with van der Waals surface area (Å²) < 4.78 is 5.30. The van der Waals surface area contributed by atoms with Gasteiger partial charge in [-0.25, -0.2) is 0 Å². The molecular weight excluding hydrogens is 214 g/mol. The van der Waals surface area contributed by atoms with E-state index in [1.807, 2.05) is 50.1 Å². The van der Waals surface area contributed by atoms with Gasteiger partial charge < -0.3 is 15.4 Å². The van der Waals surface area contributed by atoms with E-state index in [1.54, 1.807) is 7.11 Å². The van der Waals surface area contributed by atoms with Crippen molar-refractivity contribution in [3.63, 3.8) is 0 Å². The SMILES string of the molecule is COc1ccccc1CN(C)C(N)=NC(C)C. The molecule has 0 radical (unpaired) electrons. The zero-order valence-electron chi connectivity index (χ0n) is 11.0. The number of para-hydroxylation sites is 1. The topological polar surface area (TPSA) is 50.9 Å². The van der Waals surface area contributed by atoms with E-state index in [2.05, 4.69) is 4.99 Å². The summed E-state index contributed by atoms with van der Waals surface area (Å²) in [6.07, 6.45) is 0. The molecule has 0 aliphatic rings. The van der Waals surface area contributed by atoms with Gasteiger partial charge in [-0.1, -0.05) is 18.2 Å². The molecule has 1 aromatic carbocycles. The first-order valence-corrected chi connectivity index (χ1v) is 5.71. The van der Waals surface area contributed by atoms with E-state index >= 15 is 0 Å². The van der Waals surface area contributed by atoms with Gasteiger partial charge in [-0.3, -0.25) is 4.99 Å². The van der Waals surface area contributed by atoms with Crippen molar-refractivity contribution in [2.75, 3.05) is 14.2 Å². The van der Waals surface area contributed by atoms with Crippen molar-refractivity contribution < 1.29 is 4.74 Å². The first-order valence-electron chi connectivity index (χ1n) is 5.71. The summed E-state index contributed by atoms with van der Waals surface area (Å²) in [5, 5.41) is 0. The van der Waals surface area contributed by atoms with Gasteiger partial charge in [-0.15, -0.1) is 0 Å². The molecule has 0 saturated carbocycles. The number of hydrogen-bond acceptors (Lipinski definition) is 2. The molecule has 2 N–H and O–H groups in total. The summed E-state index contributed by atoms with van der Waals surface area (Å²) in [5.41, 5.74) is 6.99. The largest absolute Gasteiger partial charge is 0.496 e. The first-order chi connectivity index (χ1) is 8.04. The minimum atomic E-state index is 0.204. The standard InChI is InChI=1S/C13H21N3O/c1-10(2)15-13(14)16(3)9-11-7-5-6-8-12(11)17-4/h5-8,10H,9H2,1-4H3,(H2,14,15). The van der Waals surface area contributed by atoms with Crippen molar-refractivity contribution in [1.29, 1.82) is 0 Å². The van der Waals surface area contributed by atoms with Gasteiger partial charge in [0, 0.05) is 25.2 Å². The van der Waals surface area contributed by atoms with Crippen LogP contribution < -0.4 is 10.5 Å². The number of aliphatic imine (C=N–C) groups is 1. The van der Waals surface area contributed by atoms with Crippen molar-refractivity contribution in [2.45, 2.75) is 26.4 Å². The molecule has 0 spiro atoms. The number of nitrogens with zero attached hydrogens (tertiary/aromatic N) is 2. The zero-order chi connectivity index (χ0) is 12.8. The van der Waals surface area contributed by atoms with Crippen LogP contribution in [0.3, 0.4) is 0 Å². The molecule has 0 bridgehead atoms. The Morgan fingerprint density at radius 3 is 2.65 bits per heavy atom. The Labute approximate surface area is 103 Å². The fraction of sp³-hybridized carbons (Fsp3) is 0.462. The van der Waals surface area contributed by atoms with Crippen molar-refractivity contribution >= 4 is 5.96 Å². The number of methoxy groups -OCH3 is 1. The van der Waals surface area contributed by atoms with E-state index in [9.17, 15) is 0 Å². The summed E-state index contributed by atoms with van der Waals surface area (Å²) in [6, 6.07) is 8.11. The molecule has 4 nitrogen and oxygen atoms in total. The van der Waals surface area contributed by atoms with Gasteiger partial charge in [-0.05, 0) is 19.9 Å². The average Bonchev–Trinajstić information content (AvgIpc) is 2.28. The second-order valence-corrected chi connectivity index (χ2v) is 4.25. The molecular formula is C13H21N3O. The van der Waals surface area contributed by atoms with Crippen LogP contribution in [0.2, 0.25) is 0 Å². The van der Waals surface area contributed by atoms with Gasteiger partial charge in [0.2, 0.25) is 0 Å². The molecule has 1 rings (SSSR count). The Morgan fingerprint density at radius 1 is 1.41 bits per heavy atom. The highest BCUT2D eigenvalue weighted by molar-refractivity contribution is 5.78. The number of guanidine groups is 1. The molecule has 0 unspecified atom stereocenters. The zero-order valence-corrected chi connectivity index (χ0v) is 11.0. The number of ether oxygens (including phenoxy) is 1. The minimum absolute atomic E-state index is 0.204. The number of hydrogen-bond donors (Lipinski definition) is 1. The molecule has 0 fully saturated rings. The lowest BCUT2D eigenvalue weighted by Crippen LogP contribution is -2.34. The summed E-state index contributed by atoms with van der Waals surface area (Å²) >= 11 is 0. The number of nitrogens with two attached hydrogens (primary N) is 1. The molecule has 0 heterocycles. The maximum Gasteiger partial charge on any atom is 0.191 e. The molecule has 94 valence electrons. The maximum absolute atomic E-state index is 5.89. The summed E-state index contributed by atoms with van der Waals surface area (Å²) in [6.45, 7) is 4.69. The van der Waals surface area contributed by atoms with Crippen LogP contribution in [0, 0.1) is 0 Å². The predicted octanol–water partition coefficient (Wildman–Crippen LogP) is 1.85. The van der Waals surface area contributed by atoms with Gasteiger partial charge in [0.05, 0.1) is 7.11 Å². The maximum atomic E-state index is 5.89. The van der Waals surface area contributed by atoms with Crippen molar-refractivity contribution in [3.05, 3.63) is 29.8 Å². The quantitative estimate of drug-likeness (QED) is 0.640. The molecule has 1 aromatic rings. The average molecular weight is 235 g/mol. The van der Waals surface area contributed by atoms with Gasteiger partial charge in [0.25, 0.3) is 0 Å². The van der Waals surface area contributed by atoms with Crippen molar-refractivity contribution in [1.82, 2.24) is 4.90 Å². The molecule has 0 amide bonds. The smallest absolute Gasteiger partial charge is 0.191 e. The third-order valence-electron chi connectivity index (χ3n) is 2.38. The van der Waals surface area contributed by atoms with Crippen LogP contribution >= 0.6 is 0 Å². The van der Waals surface area contributed by atoms with Crippen LogP contribution in [0.5, 0.6) is 5.75 Å². The van der Waals surface area contributed by atoms with Crippen LogP contribution in [-0.2, 0) is 6.54 Å². The van der Waals surface area contributed by atoms with Crippen LogP contribution in [0.25, 0.3) is 0 Å². The van der Waals surface area contributed by atoms with Gasteiger partial charge >= 0.3 is 0 Å². The molecule has 0 aromatic heterocycles. The number of benzene rings is 1. The van der Waals surface area contributed by atoms with Gasteiger partial charge in [-0.2, -0.15) is 0 Å². The second-order valence-electron chi connectivity index (χ2n) is 4.25. The van der Waals surface area contributed by atoms with Crippen molar-refractivity contribution in [2.24, 2.45) is 10.7 Å². The lowest BCUT2D eigenvalue weighted by molar-refractivity contribution is 0.397. The highest BCUT2D eigenvalue weighted by Gasteiger charge is 2.07. The van der Waals surface area contributed by atoms with E-state index in [-0.39, 0.29) is 6.04 Å². The molecule has 0 saturated heterocycles. The predicted molar refractivity (Wildman–Crippen MR) is 71.2 cm³/mol. The summed E-state index contributed by atoms with van der Waals surface area (Å²) in [4.78, 5) is 6.22. The highest BCUT2D eigenvalue weighted by Crippen LogP contribution is 2.18. The molecule has 0 atom stereocenters. The van der Waals surface area contributed by atoms with Gasteiger partial charge in [0.1, 0.15) is 5.75 Å². The minimum Gasteiger partial charge on any atom is -0.496 e. The normalized spacial score (nSPS) is 11.7. The highest BCUT2D eigenvalue weighted by atomic mass is 16.5. The van der Waals surface area contributed by atoms with Crippen molar-refractivity contribution in [3.8, 4) is 5.75 Å². The molecule has 0 aliphatic carbocycles. The van der Waals surface area contributed by atoms with Crippen LogP contribution in [-0.4, -0.2) is 31.1 Å². The fourth-order valence-corrected chi connectivity index (χ4v) is 1.53. The Morgan fingerprint density at radius 2 is 2.06 bits per heavy atom. The van der Waals surface area contributed by atoms with E-state index in [4.69, 9.17) is 10.5 Å². The van der Waals surface area contributed by atoms with Crippen LogP contribution in [0.4, 0.5) is 0 Å². The molecule has 0 aliphatic heterocycles. The van der Waals surface area contributed by atoms with Crippen LogP contribution in [0.15, 0.2) is 29.3 Å². The van der Waals surface area contributed by atoms with E-state index in [1.165, 1.54) is 0 Å². The summed E-state index contributed by atoms with van der Waals surface area (Å²) in [7, 11) is 3.60. The summed E-state index contributed by atoms with van der Waals surface area (Å²) in [5.74, 6) is 1.42. The first kappa shape index (κ1) is 13.4. The second kappa shape index (κ2) is 6.13. The molecule has 4 heteroatoms. The molecule has 17 heavy (non-hydrogen) atoms. The third kappa shape index (κ3) is 3.98. The third-order valence-corrected chi connectivity index (χ3v) is 2.38. The number of rotatable bonds is 4.